The van der Waals surface area contributed by atoms with Gasteiger partial charge in [-0.05, 0) is 0 Å². The molecule has 4 nitrogen and oxygen atoms in total. The monoisotopic (exact) mass is 157 g/mol. The quantitative estimate of drug-likeness (QED) is 0.642. The van der Waals surface area contributed by atoms with Gasteiger partial charge in [-0.2, -0.15) is 4.73 Å². The van der Waals surface area contributed by atoms with E-state index in [1.807, 2.05) is 0 Å². The van der Waals surface area contributed by atoms with E-state index in [1.165, 1.54) is 4.73 Å². The van der Waals surface area contributed by atoms with Gasteiger partial charge in [-0.25, -0.2) is 0 Å². The molecular weight excluding hydrogens is 146 g/mol. The van der Waals surface area contributed by atoms with Crippen molar-refractivity contribution in [2.45, 2.75) is 0 Å². The highest BCUT2D eigenvalue weighted by atomic mass is 16.6. The van der Waals surface area contributed by atoms with Crippen LogP contribution in [0.1, 0.15) is 0 Å². The van der Waals surface area contributed by atoms with Crippen LogP contribution >= 0.6 is 0 Å². The van der Waals surface area contributed by atoms with E-state index in [0.717, 1.165) is 0 Å². The molecule has 4 heteroatoms. The highest BCUT2D eigenvalue weighted by Crippen LogP contribution is 2.26. The average Bonchev–Trinajstić information content (AvgIpc) is 2.46. The zero-order valence-corrected chi connectivity index (χ0v) is 6.83. The van der Waals surface area contributed by atoms with Crippen molar-refractivity contribution >= 4 is 0 Å². The van der Waals surface area contributed by atoms with Crippen molar-refractivity contribution in [3.63, 3.8) is 0 Å². The smallest absolute Gasteiger partial charge is 0.182 e. The molecular formula is C7H11NO3. The second-order valence-electron chi connectivity index (χ2n) is 1.94. The maximum atomic E-state index is 4.99. The Morgan fingerprint density at radius 3 is 1.73 bits per heavy atom. The molecule has 0 atom stereocenters. The summed E-state index contributed by atoms with van der Waals surface area (Å²) in [4.78, 5) is 4.90. The molecule has 1 aromatic heterocycles. The molecule has 62 valence electrons. The van der Waals surface area contributed by atoms with Crippen LogP contribution < -0.4 is 14.3 Å². The summed E-state index contributed by atoms with van der Waals surface area (Å²) in [7, 11) is 4.73. The molecule has 0 N–H and O–H groups in total. The molecule has 0 fully saturated rings. The minimum Gasteiger partial charge on any atom is -0.491 e. The predicted molar refractivity (Wildman–Crippen MR) is 40.0 cm³/mol. The van der Waals surface area contributed by atoms with Crippen molar-refractivity contribution < 1.29 is 14.3 Å². The topological polar surface area (TPSA) is 32.6 Å². The molecule has 0 bridgehead atoms. The number of rotatable bonds is 3. The van der Waals surface area contributed by atoms with Gasteiger partial charge in [0, 0.05) is 0 Å². The van der Waals surface area contributed by atoms with E-state index >= 15 is 0 Å². The number of hydrogen-bond donors (Lipinski definition) is 0. The third kappa shape index (κ3) is 1.39. The lowest BCUT2D eigenvalue weighted by Crippen LogP contribution is -2.00. The first kappa shape index (κ1) is 7.78. The lowest BCUT2D eigenvalue weighted by molar-refractivity contribution is 0.166. The van der Waals surface area contributed by atoms with Crippen LogP contribution in [0.25, 0.3) is 0 Å². The standard InChI is InChI=1S/C7H11NO3/c1-9-6-4-8(11-3)5-7(6)10-2/h4-5H,1-3H3. The maximum Gasteiger partial charge on any atom is 0.182 e. The molecule has 1 heterocycles. The summed E-state index contributed by atoms with van der Waals surface area (Å²) in [6.07, 6.45) is 3.39. The van der Waals surface area contributed by atoms with Crippen LogP contribution in [0.2, 0.25) is 0 Å². The van der Waals surface area contributed by atoms with E-state index in [2.05, 4.69) is 0 Å². The molecule has 0 saturated carbocycles. The molecule has 0 aliphatic heterocycles. The van der Waals surface area contributed by atoms with Crippen molar-refractivity contribution in [3.05, 3.63) is 12.4 Å². The number of nitrogens with zero attached hydrogens (tertiary/aromatic N) is 1. The van der Waals surface area contributed by atoms with E-state index in [1.54, 1.807) is 33.7 Å². The van der Waals surface area contributed by atoms with Gasteiger partial charge in [-0.3, -0.25) is 0 Å². The molecule has 0 aromatic carbocycles. The molecule has 0 saturated heterocycles. The lowest BCUT2D eigenvalue weighted by Gasteiger charge is -1.97. The third-order valence-corrected chi connectivity index (χ3v) is 1.38. The van der Waals surface area contributed by atoms with Crippen LogP contribution in [-0.4, -0.2) is 26.1 Å². The van der Waals surface area contributed by atoms with E-state index in [4.69, 9.17) is 14.3 Å². The summed E-state index contributed by atoms with van der Waals surface area (Å²) >= 11 is 0. The zero-order chi connectivity index (χ0) is 8.27. The summed E-state index contributed by atoms with van der Waals surface area (Å²) in [6, 6.07) is 0. The van der Waals surface area contributed by atoms with E-state index in [0.29, 0.717) is 11.5 Å². The summed E-state index contributed by atoms with van der Waals surface area (Å²) in [5.41, 5.74) is 0. The molecule has 1 aromatic rings. The van der Waals surface area contributed by atoms with Crippen molar-refractivity contribution in [3.8, 4) is 11.5 Å². The minimum atomic E-state index is 0.661. The molecule has 0 aliphatic carbocycles. The molecule has 1 rings (SSSR count). The Morgan fingerprint density at radius 2 is 1.45 bits per heavy atom. The maximum absolute atomic E-state index is 4.99. The van der Waals surface area contributed by atoms with Crippen molar-refractivity contribution in [2.24, 2.45) is 0 Å². The van der Waals surface area contributed by atoms with Crippen LogP contribution in [0.5, 0.6) is 11.5 Å². The normalized spacial score (nSPS) is 9.36. The van der Waals surface area contributed by atoms with Crippen LogP contribution in [0.4, 0.5) is 0 Å². The molecule has 0 unspecified atom stereocenters. The molecule has 0 aliphatic rings. The van der Waals surface area contributed by atoms with Crippen LogP contribution in [0.15, 0.2) is 12.4 Å². The Morgan fingerprint density at radius 1 is 1.00 bits per heavy atom. The van der Waals surface area contributed by atoms with Gasteiger partial charge in [0.15, 0.2) is 11.5 Å². The number of hydrogen-bond acceptors (Lipinski definition) is 3. The van der Waals surface area contributed by atoms with Crippen molar-refractivity contribution in [1.82, 2.24) is 4.73 Å². The predicted octanol–water partition coefficient (Wildman–Crippen LogP) is 0.564. The number of ether oxygens (including phenoxy) is 2. The lowest BCUT2D eigenvalue weighted by atomic mass is 10.5. The summed E-state index contributed by atoms with van der Waals surface area (Å²) in [5, 5.41) is 0. The minimum absolute atomic E-state index is 0.661. The zero-order valence-electron chi connectivity index (χ0n) is 6.83. The van der Waals surface area contributed by atoms with Crippen LogP contribution in [0, 0.1) is 0 Å². The van der Waals surface area contributed by atoms with Gasteiger partial charge in [-0.15, -0.1) is 0 Å². The first-order valence-electron chi connectivity index (χ1n) is 3.16. The molecule has 0 spiro atoms. The Hall–Kier alpha value is -1.32. The fourth-order valence-electron chi connectivity index (χ4n) is 0.808. The van der Waals surface area contributed by atoms with Gasteiger partial charge < -0.3 is 14.3 Å². The number of methoxy groups -OCH3 is 2. The third-order valence-electron chi connectivity index (χ3n) is 1.38. The van der Waals surface area contributed by atoms with Gasteiger partial charge in [0.1, 0.15) is 7.11 Å². The molecule has 0 radical (unpaired) electrons. The fourth-order valence-corrected chi connectivity index (χ4v) is 0.808. The SMILES string of the molecule is COc1cn(OC)cc1OC. The van der Waals surface area contributed by atoms with Gasteiger partial charge in [0.2, 0.25) is 0 Å². The Balaban J connectivity index is 2.92. The summed E-state index contributed by atoms with van der Waals surface area (Å²) in [6.45, 7) is 0. The van der Waals surface area contributed by atoms with Crippen LogP contribution in [0.3, 0.4) is 0 Å². The van der Waals surface area contributed by atoms with Gasteiger partial charge >= 0.3 is 0 Å². The van der Waals surface area contributed by atoms with E-state index in [-0.39, 0.29) is 0 Å². The Labute approximate surface area is 65.2 Å². The van der Waals surface area contributed by atoms with Gasteiger partial charge in [-0.1, -0.05) is 0 Å². The van der Waals surface area contributed by atoms with E-state index < -0.39 is 0 Å². The fraction of sp³-hybridized carbons (Fsp3) is 0.429. The second-order valence-corrected chi connectivity index (χ2v) is 1.94. The van der Waals surface area contributed by atoms with Gasteiger partial charge in [0.05, 0.1) is 26.6 Å². The van der Waals surface area contributed by atoms with E-state index in [9.17, 15) is 0 Å². The molecule has 0 amide bonds. The highest BCUT2D eigenvalue weighted by Gasteiger charge is 2.06. The number of aromatic nitrogens is 1. The summed E-state index contributed by atoms with van der Waals surface area (Å²) < 4.78 is 11.5. The summed E-state index contributed by atoms with van der Waals surface area (Å²) in [5.74, 6) is 1.32. The van der Waals surface area contributed by atoms with Crippen LogP contribution in [-0.2, 0) is 0 Å². The second kappa shape index (κ2) is 3.18. The first-order valence-corrected chi connectivity index (χ1v) is 3.16. The largest absolute Gasteiger partial charge is 0.491 e. The Kier molecular flexibility index (Phi) is 2.25. The Bertz CT molecular complexity index is 210. The molecule has 11 heavy (non-hydrogen) atoms. The highest BCUT2D eigenvalue weighted by molar-refractivity contribution is 5.37. The van der Waals surface area contributed by atoms with Crippen molar-refractivity contribution in [1.29, 1.82) is 0 Å². The average molecular weight is 157 g/mol. The first-order chi connectivity index (χ1) is 5.31. The van der Waals surface area contributed by atoms with Gasteiger partial charge in [0.25, 0.3) is 0 Å². The van der Waals surface area contributed by atoms with Crippen molar-refractivity contribution in [2.75, 3.05) is 21.3 Å².